The van der Waals surface area contributed by atoms with E-state index < -0.39 is 6.04 Å². The second-order valence-electron chi connectivity index (χ2n) is 7.53. The molecule has 0 saturated carbocycles. The fraction of sp³-hybridized carbons (Fsp3) is 0.174. The topological polar surface area (TPSA) is 63.4 Å². The second kappa shape index (κ2) is 7.18. The largest absolute Gasteiger partial charge is 0.450 e. The van der Waals surface area contributed by atoms with Crippen LogP contribution in [0, 0.1) is 0 Å². The first kappa shape index (κ1) is 19.2. The fourth-order valence-electron chi connectivity index (χ4n) is 3.86. The van der Waals surface area contributed by atoms with Gasteiger partial charge in [0.2, 0.25) is 5.76 Å². The molecule has 0 aliphatic carbocycles. The quantitative estimate of drug-likeness (QED) is 0.366. The minimum Gasteiger partial charge on any atom is -0.450 e. The molecule has 30 heavy (non-hydrogen) atoms. The van der Waals surface area contributed by atoms with Crippen molar-refractivity contribution in [2.24, 2.45) is 0 Å². The van der Waals surface area contributed by atoms with Crippen LogP contribution in [0.1, 0.15) is 53.1 Å². The molecule has 0 saturated heterocycles. The molecule has 5 nitrogen and oxygen atoms in total. The third kappa shape index (κ3) is 2.92. The van der Waals surface area contributed by atoms with E-state index in [0.717, 1.165) is 10.0 Å². The number of fused-ring (bicyclic) bond motifs is 2. The van der Waals surface area contributed by atoms with Gasteiger partial charge in [-0.15, -0.1) is 11.3 Å². The standard InChI is InChI=1S/C23H17BrN2O3S/c1-12(2)13-3-5-14(6-4-13)19-18-20(27)16-11-15(24)7-8-17(16)29-21(18)22(28)26(19)23-25-9-10-30-23/h3-12,19H,1-2H3/t19-/m0/s1. The molecule has 0 N–H and O–H groups in total. The van der Waals surface area contributed by atoms with E-state index in [0.29, 0.717) is 27.6 Å². The Morgan fingerprint density at radius 2 is 1.90 bits per heavy atom. The van der Waals surface area contributed by atoms with Gasteiger partial charge in [0.1, 0.15) is 5.58 Å². The number of thiazole rings is 1. The van der Waals surface area contributed by atoms with Crippen LogP contribution >= 0.6 is 27.3 Å². The van der Waals surface area contributed by atoms with Crippen molar-refractivity contribution in [3.8, 4) is 0 Å². The van der Waals surface area contributed by atoms with Gasteiger partial charge >= 0.3 is 0 Å². The first-order chi connectivity index (χ1) is 14.5. The molecule has 0 radical (unpaired) electrons. The lowest BCUT2D eigenvalue weighted by Crippen LogP contribution is -2.29. The molecular formula is C23H17BrN2O3S. The van der Waals surface area contributed by atoms with Crippen molar-refractivity contribution < 1.29 is 9.21 Å². The van der Waals surface area contributed by atoms with Gasteiger partial charge in [-0.3, -0.25) is 14.5 Å². The van der Waals surface area contributed by atoms with Gasteiger partial charge in [0.15, 0.2) is 10.6 Å². The maximum atomic E-state index is 13.5. The number of halogens is 1. The van der Waals surface area contributed by atoms with E-state index in [2.05, 4.69) is 34.8 Å². The van der Waals surface area contributed by atoms with Crippen LogP contribution in [-0.4, -0.2) is 10.9 Å². The molecule has 2 aromatic heterocycles. The summed E-state index contributed by atoms with van der Waals surface area (Å²) in [5.74, 6) is 0.126. The van der Waals surface area contributed by atoms with Gasteiger partial charge in [0.25, 0.3) is 5.91 Å². The molecule has 0 unspecified atom stereocenters. The van der Waals surface area contributed by atoms with Crippen LogP contribution in [0.2, 0.25) is 0 Å². The lowest BCUT2D eigenvalue weighted by Gasteiger charge is -2.23. The molecule has 1 aliphatic heterocycles. The first-order valence-electron chi connectivity index (χ1n) is 9.55. The Bertz CT molecular complexity index is 1330. The minimum atomic E-state index is -0.584. The highest BCUT2D eigenvalue weighted by Gasteiger charge is 2.44. The maximum absolute atomic E-state index is 13.5. The SMILES string of the molecule is CC(C)c1ccc([C@H]2c3c(oc4ccc(Br)cc4c3=O)C(=O)N2c2nccs2)cc1. The van der Waals surface area contributed by atoms with E-state index in [9.17, 15) is 9.59 Å². The van der Waals surface area contributed by atoms with Crippen molar-refractivity contribution >= 4 is 49.3 Å². The van der Waals surface area contributed by atoms with Gasteiger partial charge in [0.05, 0.1) is 17.0 Å². The average Bonchev–Trinajstić information content (AvgIpc) is 3.35. The van der Waals surface area contributed by atoms with Crippen molar-refractivity contribution in [1.29, 1.82) is 0 Å². The summed E-state index contributed by atoms with van der Waals surface area (Å²) in [7, 11) is 0. The molecule has 1 aliphatic rings. The number of benzene rings is 2. The van der Waals surface area contributed by atoms with Crippen LogP contribution in [0.5, 0.6) is 0 Å². The molecule has 2 aromatic carbocycles. The summed E-state index contributed by atoms with van der Waals surface area (Å²) in [6, 6.07) is 12.7. The van der Waals surface area contributed by atoms with Gasteiger partial charge in [-0.1, -0.05) is 54.0 Å². The Hall–Kier alpha value is -2.77. The summed E-state index contributed by atoms with van der Waals surface area (Å²) in [6.07, 6.45) is 1.65. The van der Waals surface area contributed by atoms with E-state index in [4.69, 9.17) is 4.42 Å². The first-order valence-corrected chi connectivity index (χ1v) is 11.2. The van der Waals surface area contributed by atoms with Crippen LogP contribution < -0.4 is 10.3 Å². The second-order valence-corrected chi connectivity index (χ2v) is 9.32. The van der Waals surface area contributed by atoms with Gasteiger partial charge in [-0.05, 0) is 35.2 Å². The molecule has 4 aromatic rings. The van der Waals surface area contributed by atoms with Crippen molar-refractivity contribution in [2.75, 3.05) is 4.90 Å². The summed E-state index contributed by atoms with van der Waals surface area (Å²) >= 11 is 4.77. The number of rotatable bonds is 3. The number of hydrogen-bond donors (Lipinski definition) is 0. The van der Waals surface area contributed by atoms with E-state index in [1.807, 2.05) is 29.6 Å². The summed E-state index contributed by atoms with van der Waals surface area (Å²) in [6.45, 7) is 4.26. The molecule has 3 heterocycles. The summed E-state index contributed by atoms with van der Waals surface area (Å²) < 4.78 is 6.74. The molecule has 150 valence electrons. The number of nitrogens with zero attached hydrogens (tertiary/aromatic N) is 2. The normalized spacial score (nSPS) is 15.9. The smallest absolute Gasteiger partial charge is 0.297 e. The van der Waals surface area contributed by atoms with Crippen LogP contribution in [0.3, 0.4) is 0 Å². The van der Waals surface area contributed by atoms with Crippen LogP contribution in [0.15, 0.2) is 67.7 Å². The molecule has 1 amide bonds. The van der Waals surface area contributed by atoms with Crippen molar-refractivity contribution in [3.63, 3.8) is 0 Å². The highest BCUT2D eigenvalue weighted by molar-refractivity contribution is 9.10. The maximum Gasteiger partial charge on any atom is 0.297 e. The van der Waals surface area contributed by atoms with E-state index in [1.165, 1.54) is 16.9 Å². The third-order valence-corrected chi connectivity index (χ3v) is 6.64. The Balaban J connectivity index is 1.78. The zero-order valence-electron chi connectivity index (χ0n) is 16.3. The lowest BCUT2D eigenvalue weighted by atomic mass is 9.95. The zero-order valence-corrected chi connectivity index (χ0v) is 18.7. The number of carbonyl (C=O) groups excluding carboxylic acids is 1. The highest BCUT2D eigenvalue weighted by atomic mass is 79.9. The van der Waals surface area contributed by atoms with Gasteiger partial charge in [0, 0.05) is 16.0 Å². The van der Waals surface area contributed by atoms with Crippen molar-refractivity contribution in [2.45, 2.75) is 25.8 Å². The molecule has 1 atom stereocenters. The van der Waals surface area contributed by atoms with Gasteiger partial charge in [-0.2, -0.15) is 0 Å². The van der Waals surface area contributed by atoms with Crippen molar-refractivity contribution in [1.82, 2.24) is 4.98 Å². The van der Waals surface area contributed by atoms with Crippen LogP contribution in [0.4, 0.5) is 5.13 Å². The fourth-order valence-corrected chi connectivity index (χ4v) is 4.88. The van der Waals surface area contributed by atoms with Crippen LogP contribution in [0.25, 0.3) is 11.0 Å². The summed E-state index contributed by atoms with van der Waals surface area (Å²) in [5.41, 5.74) is 2.60. The number of carbonyl (C=O) groups is 1. The zero-order chi connectivity index (χ0) is 21.0. The molecule has 0 bridgehead atoms. The Morgan fingerprint density at radius 3 is 2.57 bits per heavy atom. The molecule has 7 heteroatoms. The molecular weight excluding hydrogens is 464 g/mol. The Morgan fingerprint density at radius 1 is 1.13 bits per heavy atom. The molecule has 0 spiro atoms. The highest BCUT2D eigenvalue weighted by Crippen LogP contribution is 2.42. The minimum absolute atomic E-state index is 0.0861. The number of hydrogen-bond acceptors (Lipinski definition) is 5. The average molecular weight is 481 g/mol. The van der Waals surface area contributed by atoms with Crippen molar-refractivity contribution in [3.05, 3.63) is 91.2 Å². The number of amides is 1. The molecule has 5 rings (SSSR count). The Labute approximate surface area is 185 Å². The predicted octanol–water partition coefficient (Wildman–Crippen LogP) is 5.89. The van der Waals surface area contributed by atoms with Crippen LogP contribution in [-0.2, 0) is 0 Å². The monoisotopic (exact) mass is 480 g/mol. The van der Waals surface area contributed by atoms with E-state index in [-0.39, 0.29) is 17.1 Å². The van der Waals surface area contributed by atoms with Gasteiger partial charge in [-0.25, -0.2) is 4.98 Å². The van der Waals surface area contributed by atoms with Gasteiger partial charge < -0.3 is 4.42 Å². The third-order valence-electron chi connectivity index (χ3n) is 5.38. The lowest BCUT2D eigenvalue weighted by molar-refractivity contribution is 0.0971. The van der Waals surface area contributed by atoms with E-state index >= 15 is 0 Å². The summed E-state index contributed by atoms with van der Waals surface area (Å²) in [5, 5.41) is 2.79. The summed E-state index contributed by atoms with van der Waals surface area (Å²) in [4.78, 5) is 32.8. The number of aromatic nitrogens is 1. The number of anilines is 1. The Kier molecular flexibility index (Phi) is 4.60. The molecule has 0 fully saturated rings. The predicted molar refractivity (Wildman–Crippen MR) is 121 cm³/mol. The van der Waals surface area contributed by atoms with E-state index in [1.54, 1.807) is 29.3 Å².